The fraction of sp³-hybridized carbons (Fsp3) is 0.449. The number of methoxy groups -OCH3 is 2. The maximum Gasteiger partial charge on any atom is 0.375 e. The molecule has 1 spiro atoms. The second-order valence-corrected chi connectivity index (χ2v) is 31.3. The Morgan fingerprint density at radius 3 is 1.61 bits per heavy atom. The number of phenols is 6. The number of benzene rings is 6. The van der Waals surface area contributed by atoms with E-state index in [0.29, 0.717) is 128 Å². The molecule has 0 radical (unpaired) electrons. The van der Waals surface area contributed by atoms with Crippen LogP contribution < -0.4 is 48.9 Å². The number of fused-ring (bicyclic) bond motifs is 18. The van der Waals surface area contributed by atoms with Crippen molar-refractivity contribution in [3.05, 3.63) is 126 Å². The standard InChI is InChI=1S/C39H40N4O10S.C30H29N3O9S.C9H13NO2/c1-16-8-20-9-22-23(12-40)43-24-13-50-38(48)39(21-11-26(49-5)25(45)10-19(21)6-7-41-39)14-54-37(31(43)30(42(22)4)27(20)33(47)32(16)46)29-28(24)36-35(51-15-52-36)17(2)34(29)53-18(3)44;1-11-5-14-6-15-16(7-31)33-17-8-39-30(38)18(35)9-43-29(23(33)22(32(15)4)19(14)25(37)24(11)36)21-20(17)28-27(40-10-41-28)12(2)26(21)42-13(3)34;1-12-9-3-2-7(4-5-10)6-8(9)11/h8,10-11,22-24,30-31,37,41,45-47H,6-7,9,13-15H2,1-5H3;5,15-17,22-23,29,36-37H,6,8-10H2,1-4H3;2-3,6,11H,4-5,10H2,1H3/t22-,23-,24-,30+,31?,37+,39+;15-,16-,17-,22+,23?,29+;/m00./s1. The van der Waals surface area contributed by atoms with Gasteiger partial charge in [0.15, 0.2) is 74.5 Å². The minimum Gasteiger partial charge on any atom is -0.504 e. The van der Waals surface area contributed by atoms with Crippen molar-refractivity contribution in [2.24, 2.45) is 5.73 Å². The number of nitrogens with two attached hydrogens (primary N) is 1. The second-order valence-electron chi connectivity index (χ2n) is 29.0. The number of hydrogen-bond donors (Lipinski definition) is 8. The summed E-state index contributed by atoms with van der Waals surface area (Å²) in [4.78, 5) is 73.9. The Morgan fingerprint density at radius 1 is 0.624 bits per heavy atom. The Kier molecular flexibility index (Phi) is 19.4. The van der Waals surface area contributed by atoms with Crippen molar-refractivity contribution in [2.45, 2.75) is 144 Å². The van der Waals surface area contributed by atoms with Gasteiger partial charge in [-0.25, -0.2) is 9.59 Å². The van der Waals surface area contributed by atoms with Crippen LogP contribution in [0.3, 0.4) is 0 Å². The summed E-state index contributed by atoms with van der Waals surface area (Å²) in [6.07, 6.45) is 2.18. The molecule has 31 heteroatoms. The van der Waals surface area contributed by atoms with Crippen LogP contribution in [0.15, 0.2) is 42.5 Å². The van der Waals surface area contributed by atoms with Crippen LogP contribution in [-0.4, -0.2) is 196 Å². The third-order valence-electron chi connectivity index (χ3n) is 23.3. The summed E-state index contributed by atoms with van der Waals surface area (Å²) in [5, 5.41) is 89.2. The van der Waals surface area contributed by atoms with E-state index in [1.807, 2.05) is 49.0 Å². The number of cyclic esters (lactones) is 1. The van der Waals surface area contributed by atoms with E-state index in [-0.39, 0.29) is 96.4 Å². The third-order valence-corrected chi connectivity index (χ3v) is 26.1. The number of piperazine rings is 2. The van der Waals surface area contributed by atoms with Crippen LogP contribution in [-0.2, 0) is 64.7 Å². The number of nitrogens with one attached hydrogen (secondary N) is 1. The van der Waals surface area contributed by atoms with Crippen molar-refractivity contribution in [1.29, 1.82) is 10.5 Å². The molecule has 109 heavy (non-hydrogen) atoms. The number of aryl methyl sites for hydroxylation is 2. The molecule has 2 unspecified atom stereocenters. The molecule has 3 saturated heterocycles. The molecule has 572 valence electrons. The number of nitriles is 2. The van der Waals surface area contributed by atoms with Gasteiger partial charge in [-0.3, -0.25) is 39.3 Å². The fourth-order valence-corrected chi connectivity index (χ4v) is 21.7. The maximum absolute atomic E-state index is 14.7. The van der Waals surface area contributed by atoms with Gasteiger partial charge in [0.25, 0.3) is 0 Å². The number of rotatable bonds is 6. The number of carbonyl (C=O) groups is 5. The number of thioether (sulfide) groups is 2. The summed E-state index contributed by atoms with van der Waals surface area (Å²) < 4.78 is 58.4. The molecule has 18 rings (SSSR count). The monoisotopic (exact) mass is 1530 g/mol. The van der Waals surface area contributed by atoms with Crippen molar-refractivity contribution < 1.29 is 102 Å². The topological polar surface area (TPSA) is 398 Å². The van der Waals surface area contributed by atoms with Crippen LogP contribution in [0.5, 0.6) is 80.5 Å². The minimum absolute atomic E-state index is 0.0352. The second kappa shape index (κ2) is 28.4. The molecule has 6 aromatic rings. The Balaban J connectivity index is 0.000000153. The molecule has 0 aliphatic carbocycles. The number of ether oxygens (including phenoxy) is 10. The lowest BCUT2D eigenvalue weighted by Gasteiger charge is -2.62. The van der Waals surface area contributed by atoms with Gasteiger partial charge in [0.05, 0.1) is 66.8 Å². The number of nitrogens with zero attached hydrogens (tertiary/aromatic N) is 6. The number of esters is 4. The summed E-state index contributed by atoms with van der Waals surface area (Å²) in [6.45, 7) is 10.0. The highest BCUT2D eigenvalue weighted by Crippen LogP contribution is 2.67. The van der Waals surface area contributed by atoms with Crippen molar-refractivity contribution in [1.82, 2.24) is 24.9 Å². The zero-order chi connectivity index (χ0) is 77.4. The SMILES string of the molecule is CC(=O)Oc1c(C)c2c(c3c1[C@H]1SCC(=O)C(=O)OC[C@@H]3N3C1[C@H]1c4c(cc(C)c(O)c4O)C[C@@H]([C@@H]3C#N)N1C)OCO2.COc1cc2c(cc1O)CCN[C@]21CS[C@@H]2c3c(OC(C)=O)c(C)c4c(c3[C@H](COC1=O)N1C2[C@H]2c3c(cc(C)c(O)c3O)C[C@@H]([C@@H]1C#N)N2C)OCO4.COc1ccc(CCN)cc1O. The first-order valence-electron chi connectivity index (χ1n) is 35.7. The van der Waals surface area contributed by atoms with Gasteiger partial charge >= 0.3 is 23.9 Å². The lowest BCUT2D eigenvalue weighted by molar-refractivity contribution is -0.157. The molecular formula is C78H82N8O21S2. The number of aromatic hydroxyl groups is 6. The molecule has 0 amide bonds. The minimum atomic E-state index is -1.38. The van der Waals surface area contributed by atoms with Crippen LogP contribution in [0.25, 0.3) is 0 Å². The van der Waals surface area contributed by atoms with Gasteiger partial charge in [-0.05, 0) is 137 Å². The zero-order valence-corrected chi connectivity index (χ0v) is 63.0. The first kappa shape index (κ1) is 74.4. The van der Waals surface area contributed by atoms with Gasteiger partial charge in [-0.1, -0.05) is 18.2 Å². The largest absolute Gasteiger partial charge is 0.504 e. The Labute approximate surface area is 635 Å². The Bertz CT molecular complexity index is 4950. The van der Waals surface area contributed by atoms with Crippen molar-refractivity contribution in [3.8, 4) is 92.6 Å². The lowest BCUT2D eigenvalue weighted by atomic mass is 9.71. The number of likely N-dealkylation sites (N-methyl/N-ethyl adjacent to an activating group) is 2. The van der Waals surface area contributed by atoms with E-state index in [1.165, 1.54) is 51.6 Å². The molecule has 29 nitrogen and oxygen atoms in total. The summed E-state index contributed by atoms with van der Waals surface area (Å²) >= 11 is 2.62. The summed E-state index contributed by atoms with van der Waals surface area (Å²) in [6, 6.07) is 11.5. The molecule has 12 aliphatic heterocycles. The van der Waals surface area contributed by atoms with E-state index in [2.05, 4.69) is 27.3 Å². The quantitative estimate of drug-likeness (QED) is 0.0357. The molecule has 0 aromatic heterocycles. The predicted octanol–water partition coefficient (Wildman–Crippen LogP) is 7.08. The Morgan fingerprint density at radius 2 is 1.12 bits per heavy atom. The van der Waals surface area contributed by atoms with Gasteiger partial charge in [-0.2, -0.15) is 10.5 Å². The van der Waals surface area contributed by atoms with E-state index < -0.39 is 94.0 Å². The van der Waals surface area contributed by atoms with Gasteiger partial charge in [0.2, 0.25) is 19.4 Å². The number of phenolic OH excluding ortho intramolecular Hbond substituents is 6. The molecule has 12 heterocycles. The van der Waals surface area contributed by atoms with Gasteiger partial charge in [0, 0.05) is 94.8 Å². The zero-order valence-electron chi connectivity index (χ0n) is 61.3. The Hall–Kier alpha value is -10.1. The van der Waals surface area contributed by atoms with Gasteiger partial charge < -0.3 is 83.7 Å². The van der Waals surface area contributed by atoms with Gasteiger partial charge in [-0.15, -0.1) is 23.5 Å². The molecule has 8 bridgehead atoms. The van der Waals surface area contributed by atoms with Crippen LogP contribution in [0.2, 0.25) is 0 Å². The van der Waals surface area contributed by atoms with Gasteiger partial charge in [0.1, 0.15) is 36.8 Å². The lowest BCUT2D eigenvalue weighted by Crippen LogP contribution is -2.69. The van der Waals surface area contributed by atoms with Crippen molar-refractivity contribution >= 4 is 53.2 Å². The summed E-state index contributed by atoms with van der Waals surface area (Å²) in [5.41, 5.74) is 13.8. The number of hydrogen-bond acceptors (Lipinski definition) is 31. The molecule has 6 aromatic carbocycles. The van der Waals surface area contributed by atoms with Crippen LogP contribution >= 0.6 is 23.5 Å². The average Bonchev–Trinajstić information content (AvgIpc) is 1.31. The summed E-state index contributed by atoms with van der Waals surface area (Å²) in [5.74, 6) is -1.21. The highest BCUT2D eigenvalue weighted by Gasteiger charge is 2.64. The number of Topliss-reactive ketones (excluding diaryl/α,β-unsaturated/α-hetero) is 1. The maximum atomic E-state index is 14.7. The first-order chi connectivity index (χ1) is 52.2. The van der Waals surface area contributed by atoms with Crippen LogP contribution in [0.4, 0.5) is 0 Å². The fourth-order valence-electron chi connectivity index (χ4n) is 18.6. The number of carbonyl (C=O) groups excluding carboxylic acids is 5. The highest BCUT2D eigenvalue weighted by molar-refractivity contribution is 8.00. The normalized spacial score (nSPS) is 27.1. The molecular weight excluding hydrogens is 1450 g/mol. The van der Waals surface area contributed by atoms with E-state index in [0.717, 1.165) is 28.7 Å². The average molecular weight is 1530 g/mol. The molecule has 12 aliphatic rings. The molecule has 9 N–H and O–H groups in total. The number of ketones is 1. The van der Waals surface area contributed by atoms with Crippen LogP contribution in [0, 0.1) is 50.4 Å². The van der Waals surface area contributed by atoms with Crippen molar-refractivity contribution in [3.63, 3.8) is 0 Å². The third kappa shape index (κ3) is 11.7. The van der Waals surface area contributed by atoms with E-state index >= 15 is 0 Å². The highest BCUT2D eigenvalue weighted by atomic mass is 32.2. The first-order valence-corrected chi connectivity index (χ1v) is 37.8. The molecule has 0 saturated carbocycles. The van der Waals surface area contributed by atoms with E-state index in [9.17, 15) is 65.1 Å². The molecule has 3 fully saturated rings. The van der Waals surface area contributed by atoms with E-state index in [4.69, 9.17) is 53.1 Å². The van der Waals surface area contributed by atoms with Crippen LogP contribution in [0.1, 0.15) is 132 Å². The predicted molar refractivity (Wildman–Crippen MR) is 391 cm³/mol. The summed E-state index contributed by atoms with van der Waals surface area (Å²) in [7, 11) is 6.80. The smallest absolute Gasteiger partial charge is 0.375 e. The molecule has 13 atom stereocenters. The van der Waals surface area contributed by atoms with Crippen molar-refractivity contribution in [2.75, 3.05) is 79.7 Å². The van der Waals surface area contributed by atoms with E-state index in [1.54, 1.807) is 45.0 Å².